The van der Waals surface area contributed by atoms with E-state index in [1.54, 1.807) is 30.1 Å². The summed E-state index contributed by atoms with van der Waals surface area (Å²) in [6.45, 7) is 7.23. The number of sulfone groups is 1. The number of nitrogens with zero attached hydrogens (tertiary/aromatic N) is 2. The highest BCUT2D eigenvalue weighted by Crippen LogP contribution is 2.18. The van der Waals surface area contributed by atoms with Crippen molar-refractivity contribution >= 4 is 21.4 Å². The lowest BCUT2D eigenvalue weighted by Crippen LogP contribution is -2.29. The van der Waals surface area contributed by atoms with Gasteiger partial charge in [0.05, 0.1) is 11.5 Å². The van der Waals surface area contributed by atoms with E-state index in [4.69, 9.17) is 4.74 Å². The fraction of sp³-hybridized carbons (Fsp3) is 0.458. The Morgan fingerprint density at radius 3 is 2.32 bits per heavy atom. The second-order valence-corrected chi connectivity index (χ2v) is 9.67. The van der Waals surface area contributed by atoms with E-state index in [0.717, 1.165) is 31.6 Å². The van der Waals surface area contributed by atoms with Crippen LogP contribution in [0.5, 0.6) is 5.75 Å². The number of anilines is 1. The maximum atomic E-state index is 12.7. The van der Waals surface area contributed by atoms with Crippen molar-refractivity contribution in [2.24, 2.45) is 0 Å². The van der Waals surface area contributed by atoms with Crippen LogP contribution in [0.15, 0.2) is 53.4 Å². The molecule has 0 heterocycles. The fourth-order valence-corrected chi connectivity index (χ4v) is 3.90. The molecule has 0 spiro atoms. The molecule has 0 aliphatic heterocycles. The van der Waals surface area contributed by atoms with Crippen LogP contribution in [-0.2, 0) is 9.84 Å². The molecule has 0 bridgehead atoms. The molecule has 2 rings (SSSR count). The molecular weight excluding hydrogens is 412 g/mol. The van der Waals surface area contributed by atoms with E-state index >= 15 is 0 Å². The smallest absolute Gasteiger partial charge is 0.253 e. The summed E-state index contributed by atoms with van der Waals surface area (Å²) in [5.74, 6) is 0.485. The van der Waals surface area contributed by atoms with Crippen LogP contribution >= 0.6 is 0 Å². The molecule has 0 aliphatic rings. The Labute approximate surface area is 186 Å². The van der Waals surface area contributed by atoms with Crippen LogP contribution in [0.3, 0.4) is 0 Å². The quantitative estimate of drug-likeness (QED) is 0.456. The van der Waals surface area contributed by atoms with Gasteiger partial charge < -0.3 is 14.5 Å². The Morgan fingerprint density at radius 2 is 1.71 bits per heavy atom. The van der Waals surface area contributed by atoms with Crippen molar-refractivity contribution in [1.29, 1.82) is 0 Å². The number of hydrogen-bond donors (Lipinski definition) is 0. The van der Waals surface area contributed by atoms with Gasteiger partial charge in [-0.05, 0) is 62.2 Å². The van der Waals surface area contributed by atoms with Crippen LogP contribution in [0, 0.1) is 0 Å². The molecule has 0 unspecified atom stereocenters. The van der Waals surface area contributed by atoms with Gasteiger partial charge in [0.2, 0.25) is 0 Å². The van der Waals surface area contributed by atoms with E-state index in [2.05, 4.69) is 18.7 Å². The minimum Gasteiger partial charge on any atom is -0.493 e. The van der Waals surface area contributed by atoms with Crippen molar-refractivity contribution in [3.63, 3.8) is 0 Å². The van der Waals surface area contributed by atoms with Gasteiger partial charge >= 0.3 is 0 Å². The van der Waals surface area contributed by atoms with Crippen molar-refractivity contribution in [3.05, 3.63) is 54.1 Å². The number of ether oxygens (including phenoxy) is 1. The summed E-state index contributed by atoms with van der Waals surface area (Å²) >= 11 is 0. The number of benzene rings is 2. The fourth-order valence-electron chi connectivity index (χ4n) is 3.24. The van der Waals surface area contributed by atoms with E-state index in [1.165, 1.54) is 12.3 Å². The number of hydrogen-bond acceptors (Lipinski definition) is 5. The lowest BCUT2D eigenvalue weighted by atomic mass is 10.1. The van der Waals surface area contributed by atoms with Crippen LogP contribution in [0.4, 0.5) is 5.69 Å². The molecule has 2 aromatic rings. The standard InChI is InChI=1S/C24H34N2O4S/c1-5-7-17-26(6-2)21-14-12-20(13-15-21)24(27)25(3)16-9-18-30-22-10-8-11-23(19-22)31(4,28)29/h8,10-15,19H,5-7,9,16-18H2,1-4H3. The van der Waals surface area contributed by atoms with Gasteiger partial charge in [-0.25, -0.2) is 8.42 Å². The van der Waals surface area contributed by atoms with Crippen molar-refractivity contribution < 1.29 is 17.9 Å². The van der Waals surface area contributed by atoms with E-state index in [0.29, 0.717) is 30.9 Å². The predicted octanol–water partition coefficient (Wildman–Crippen LogP) is 4.26. The number of unbranched alkanes of at least 4 members (excludes halogenated alkanes) is 1. The van der Waals surface area contributed by atoms with Crippen molar-refractivity contribution in [3.8, 4) is 5.75 Å². The van der Waals surface area contributed by atoms with Crippen LogP contribution < -0.4 is 9.64 Å². The average Bonchev–Trinajstić information content (AvgIpc) is 2.76. The summed E-state index contributed by atoms with van der Waals surface area (Å²) in [5, 5.41) is 0. The molecule has 6 nitrogen and oxygen atoms in total. The van der Waals surface area contributed by atoms with Gasteiger partial charge in [-0.2, -0.15) is 0 Å². The summed E-state index contributed by atoms with van der Waals surface area (Å²) in [6.07, 6.45) is 4.12. The zero-order valence-electron chi connectivity index (χ0n) is 19.0. The Kier molecular flexibility index (Phi) is 9.37. The highest BCUT2D eigenvalue weighted by Gasteiger charge is 2.13. The van der Waals surface area contributed by atoms with Gasteiger partial charge in [-0.1, -0.05) is 19.4 Å². The van der Waals surface area contributed by atoms with Crippen LogP contribution in [0.2, 0.25) is 0 Å². The first-order valence-corrected chi connectivity index (χ1v) is 12.7. The Balaban J connectivity index is 1.84. The first-order valence-electron chi connectivity index (χ1n) is 10.8. The first-order chi connectivity index (χ1) is 14.8. The molecule has 7 heteroatoms. The van der Waals surface area contributed by atoms with Crippen LogP contribution in [0.25, 0.3) is 0 Å². The van der Waals surface area contributed by atoms with Crippen LogP contribution in [0.1, 0.15) is 43.5 Å². The third-order valence-electron chi connectivity index (χ3n) is 5.13. The maximum Gasteiger partial charge on any atom is 0.253 e. The molecule has 0 aliphatic carbocycles. The minimum absolute atomic E-state index is 0.0257. The molecule has 0 saturated heterocycles. The largest absolute Gasteiger partial charge is 0.493 e. The van der Waals surface area contributed by atoms with E-state index < -0.39 is 9.84 Å². The molecule has 0 fully saturated rings. The van der Waals surface area contributed by atoms with Gasteiger partial charge in [0.25, 0.3) is 5.91 Å². The number of carbonyl (C=O) groups excluding carboxylic acids is 1. The van der Waals surface area contributed by atoms with E-state index in [1.807, 2.05) is 24.3 Å². The monoisotopic (exact) mass is 446 g/mol. The number of carbonyl (C=O) groups is 1. The summed E-state index contributed by atoms with van der Waals surface area (Å²) in [7, 11) is -1.48. The molecule has 0 N–H and O–H groups in total. The molecule has 2 aromatic carbocycles. The number of rotatable bonds is 12. The predicted molar refractivity (Wildman–Crippen MR) is 126 cm³/mol. The molecule has 0 radical (unpaired) electrons. The van der Waals surface area contributed by atoms with Gasteiger partial charge in [-0.3, -0.25) is 4.79 Å². The SMILES string of the molecule is CCCCN(CC)c1ccc(C(=O)N(C)CCCOc2cccc(S(C)(=O)=O)c2)cc1. The van der Waals surface area contributed by atoms with Crippen molar-refractivity contribution in [1.82, 2.24) is 4.90 Å². The lowest BCUT2D eigenvalue weighted by Gasteiger charge is -2.23. The normalized spacial score (nSPS) is 11.2. The van der Waals surface area contributed by atoms with Crippen molar-refractivity contribution in [2.75, 3.05) is 44.4 Å². The molecule has 0 saturated carbocycles. The van der Waals surface area contributed by atoms with Gasteiger partial charge in [0.1, 0.15) is 5.75 Å². The third kappa shape index (κ3) is 7.58. The third-order valence-corrected chi connectivity index (χ3v) is 6.24. The van der Waals surface area contributed by atoms with Gasteiger partial charge in [0, 0.05) is 44.2 Å². The molecule has 0 aromatic heterocycles. The van der Waals surface area contributed by atoms with Crippen molar-refractivity contribution in [2.45, 2.75) is 38.0 Å². The van der Waals surface area contributed by atoms with Gasteiger partial charge in [-0.15, -0.1) is 0 Å². The minimum atomic E-state index is -3.26. The van der Waals surface area contributed by atoms with Crippen LogP contribution in [-0.4, -0.2) is 58.8 Å². The number of amides is 1. The summed E-state index contributed by atoms with van der Waals surface area (Å²) in [4.78, 5) is 16.9. The van der Waals surface area contributed by atoms with Gasteiger partial charge in [0.15, 0.2) is 9.84 Å². The highest BCUT2D eigenvalue weighted by molar-refractivity contribution is 7.90. The summed E-state index contributed by atoms with van der Waals surface area (Å²) in [5.41, 5.74) is 1.81. The summed E-state index contributed by atoms with van der Waals surface area (Å²) in [6, 6.07) is 14.2. The summed E-state index contributed by atoms with van der Waals surface area (Å²) < 4.78 is 28.9. The molecule has 1 amide bonds. The topological polar surface area (TPSA) is 66.9 Å². The second-order valence-electron chi connectivity index (χ2n) is 7.66. The molecule has 31 heavy (non-hydrogen) atoms. The lowest BCUT2D eigenvalue weighted by molar-refractivity contribution is 0.0788. The zero-order chi connectivity index (χ0) is 22.9. The maximum absolute atomic E-state index is 12.7. The zero-order valence-corrected chi connectivity index (χ0v) is 19.8. The molecular formula is C24H34N2O4S. The Bertz CT molecular complexity index is 942. The Hall–Kier alpha value is -2.54. The molecule has 170 valence electrons. The Morgan fingerprint density at radius 1 is 1.00 bits per heavy atom. The average molecular weight is 447 g/mol. The first kappa shape index (κ1) is 24.7. The van der Waals surface area contributed by atoms with E-state index in [9.17, 15) is 13.2 Å². The van der Waals surface area contributed by atoms with E-state index in [-0.39, 0.29) is 10.8 Å². The second kappa shape index (κ2) is 11.7. The molecule has 0 atom stereocenters. The highest BCUT2D eigenvalue weighted by atomic mass is 32.2.